The monoisotopic (exact) mass is 831 g/mol. The molecule has 1 aliphatic heterocycles. The molecular weight excluding hydrogens is 782 g/mol. The standard InChI is InChI=1S/C36H51Cl3F3NO7SSi/c1-10-52(11-2,12-3)50-29-19-30(44)48-28(23(5)18-27-20-51-25(7)43-27)17-16-26(36(40,41)42)15-13-14-22(4)31(24(6)32(45)34(29,8)9)49-33(46)47-21-35(37,38)39/h13,15-16,18,20,22,24,28-29,31H,10-12,14,17,19,21H2,1-9H3/b15-13+,23-18+,26-16+/t22-,24+,28-,29-,31-/m0/s1. The molecule has 0 aromatic carbocycles. The molecule has 5 atom stereocenters. The number of alkyl halides is 6. The zero-order valence-corrected chi connectivity index (χ0v) is 35.3. The summed E-state index contributed by atoms with van der Waals surface area (Å²) in [5, 5.41) is 2.61. The van der Waals surface area contributed by atoms with Gasteiger partial charge >= 0.3 is 18.3 Å². The lowest BCUT2D eigenvalue weighted by atomic mass is 9.73. The summed E-state index contributed by atoms with van der Waals surface area (Å²) < 4.78 is 64.4. The summed E-state index contributed by atoms with van der Waals surface area (Å²) in [7, 11) is -2.47. The molecule has 1 aliphatic rings. The number of rotatable bonds is 9. The Labute approximate surface area is 325 Å². The minimum Gasteiger partial charge on any atom is -0.457 e. The molecule has 0 fully saturated rings. The first-order valence-corrected chi connectivity index (χ1v) is 21.9. The first-order chi connectivity index (χ1) is 24.0. The fourth-order valence-electron chi connectivity index (χ4n) is 6.15. The van der Waals surface area contributed by atoms with Crippen molar-refractivity contribution in [2.45, 2.75) is 128 Å². The molecule has 52 heavy (non-hydrogen) atoms. The molecule has 0 N–H and O–H groups in total. The predicted molar refractivity (Wildman–Crippen MR) is 203 cm³/mol. The van der Waals surface area contributed by atoms with E-state index in [1.807, 2.05) is 27.7 Å². The number of ether oxygens (including phenoxy) is 3. The van der Waals surface area contributed by atoms with Crippen molar-refractivity contribution in [3.05, 3.63) is 45.5 Å². The summed E-state index contributed by atoms with van der Waals surface area (Å²) in [6.45, 7) is 15.5. The lowest BCUT2D eigenvalue weighted by Gasteiger charge is -2.42. The van der Waals surface area contributed by atoms with E-state index in [1.165, 1.54) is 17.4 Å². The van der Waals surface area contributed by atoms with Crippen molar-refractivity contribution >= 4 is 78.4 Å². The highest BCUT2D eigenvalue weighted by Crippen LogP contribution is 2.39. The van der Waals surface area contributed by atoms with Crippen molar-refractivity contribution < 1.29 is 46.2 Å². The zero-order chi connectivity index (χ0) is 39.7. The summed E-state index contributed by atoms with van der Waals surface area (Å²) in [4.78, 5) is 45.6. The lowest BCUT2D eigenvalue weighted by Crippen LogP contribution is -2.52. The van der Waals surface area contributed by atoms with Gasteiger partial charge in [0.1, 0.15) is 24.6 Å². The highest BCUT2D eigenvalue weighted by atomic mass is 35.6. The van der Waals surface area contributed by atoms with Crippen LogP contribution in [0.5, 0.6) is 0 Å². The van der Waals surface area contributed by atoms with Crippen LogP contribution in [0.3, 0.4) is 0 Å². The Morgan fingerprint density at radius 3 is 2.25 bits per heavy atom. The maximum atomic E-state index is 14.5. The number of hydrogen-bond acceptors (Lipinski definition) is 9. The summed E-state index contributed by atoms with van der Waals surface area (Å²) in [6.07, 6.45) is -4.89. The van der Waals surface area contributed by atoms with Gasteiger partial charge < -0.3 is 18.6 Å². The number of nitrogens with zero attached hydrogens (tertiary/aromatic N) is 1. The molecule has 0 amide bonds. The van der Waals surface area contributed by atoms with Gasteiger partial charge in [0.05, 0.1) is 34.7 Å². The van der Waals surface area contributed by atoms with Crippen LogP contribution in [0.15, 0.2) is 34.8 Å². The molecule has 0 bridgehead atoms. The molecule has 1 aromatic heterocycles. The highest BCUT2D eigenvalue weighted by Gasteiger charge is 2.48. The van der Waals surface area contributed by atoms with Crippen molar-refractivity contribution in [1.82, 2.24) is 4.98 Å². The molecule has 2 heterocycles. The van der Waals surface area contributed by atoms with Crippen LogP contribution in [0.4, 0.5) is 18.0 Å². The maximum absolute atomic E-state index is 14.5. The fraction of sp³-hybridized carbons (Fsp3) is 0.667. The summed E-state index contributed by atoms with van der Waals surface area (Å²) >= 11 is 18.6. The Morgan fingerprint density at radius 1 is 1.12 bits per heavy atom. The van der Waals surface area contributed by atoms with E-state index < -0.39 is 78.2 Å². The number of cyclic esters (lactones) is 1. The molecule has 0 saturated carbocycles. The third-order valence-electron chi connectivity index (χ3n) is 9.65. The smallest absolute Gasteiger partial charge is 0.457 e. The van der Waals surface area contributed by atoms with Crippen LogP contribution >= 0.6 is 46.1 Å². The van der Waals surface area contributed by atoms with Crippen molar-refractivity contribution in [3.63, 3.8) is 0 Å². The number of aromatic nitrogens is 1. The number of thiazole rings is 1. The Morgan fingerprint density at radius 2 is 1.73 bits per heavy atom. The van der Waals surface area contributed by atoms with Gasteiger partial charge in [0.25, 0.3) is 0 Å². The number of Topliss-reactive ketones (excluding diaryl/α,β-unsaturated/α-hetero) is 1. The van der Waals surface area contributed by atoms with Gasteiger partial charge in [0, 0.05) is 17.2 Å². The average molecular weight is 833 g/mol. The van der Waals surface area contributed by atoms with E-state index in [-0.39, 0.29) is 25.0 Å². The molecule has 0 spiro atoms. The molecule has 0 aliphatic carbocycles. The number of halogens is 6. The van der Waals surface area contributed by atoms with Crippen LogP contribution in [0.25, 0.3) is 6.08 Å². The second kappa shape index (κ2) is 19.6. The van der Waals surface area contributed by atoms with Crippen molar-refractivity contribution in [2.24, 2.45) is 17.3 Å². The Hall–Kier alpha value is -1.90. The maximum Gasteiger partial charge on any atom is 0.508 e. The number of aryl methyl sites for hydroxylation is 1. The van der Waals surface area contributed by atoms with Gasteiger partial charge in [-0.05, 0) is 56.0 Å². The van der Waals surface area contributed by atoms with Crippen molar-refractivity contribution in [1.29, 1.82) is 0 Å². The van der Waals surface area contributed by atoms with E-state index >= 15 is 0 Å². The summed E-state index contributed by atoms with van der Waals surface area (Å²) in [6, 6.07) is 2.16. The molecule has 0 unspecified atom stereocenters. The predicted octanol–water partition coefficient (Wildman–Crippen LogP) is 11.1. The number of ketones is 1. The van der Waals surface area contributed by atoms with E-state index in [9.17, 15) is 27.6 Å². The van der Waals surface area contributed by atoms with Crippen LogP contribution in [0.1, 0.15) is 85.4 Å². The van der Waals surface area contributed by atoms with E-state index in [4.69, 9.17) is 53.4 Å². The Bertz CT molecular complexity index is 1460. The van der Waals surface area contributed by atoms with Gasteiger partial charge in [-0.3, -0.25) is 9.59 Å². The van der Waals surface area contributed by atoms with Gasteiger partial charge in [-0.1, -0.05) is 101 Å². The van der Waals surface area contributed by atoms with Gasteiger partial charge in [0.15, 0.2) is 8.32 Å². The second-order valence-electron chi connectivity index (χ2n) is 13.8. The Balaban J connectivity index is 2.74. The summed E-state index contributed by atoms with van der Waals surface area (Å²) in [5.41, 5.74) is -1.18. The molecule has 8 nitrogen and oxygen atoms in total. The van der Waals surface area contributed by atoms with Crippen LogP contribution in [0, 0.1) is 24.2 Å². The first kappa shape index (κ1) is 46.3. The quantitative estimate of drug-likeness (QED) is 0.138. The largest absolute Gasteiger partial charge is 0.508 e. The molecular formula is C36H51Cl3F3NO7SSi. The van der Waals surface area contributed by atoms with E-state index in [0.717, 1.165) is 35.3 Å². The third-order valence-corrected chi connectivity index (χ3v) is 15.4. The topological polar surface area (TPSA) is 101 Å². The summed E-state index contributed by atoms with van der Waals surface area (Å²) in [5.74, 6) is -2.82. The van der Waals surface area contributed by atoms with Crippen molar-refractivity contribution in [2.75, 3.05) is 6.61 Å². The van der Waals surface area contributed by atoms with Gasteiger partial charge in [-0.2, -0.15) is 13.2 Å². The number of hydrogen-bond donors (Lipinski definition) is 0. The van der Waals surface area contributed by atoms with Gasteiger partial charge in [-0.15, -0.1) is 11.3 Å². The van der Waals surface area contributed by atoms with Gasteiger partial charge in [-0.25, -0.2) is 9.78 Å². The minimum absolute atomic E-state index is 0.00809. The SMILES string of the molecule is CC[Si](CC)(CC)O[C@H]1CC(=O)O[C@H](/C(C)=C/c2csc(C)n2)C/C=C(C(F)(F)F)\C=C\C[C@H](C)[C@H](OC(=O)OCC(Cl)(Cl)Cl)[C@@H](C)C(=O)C1(C)C. The minimum atomic E-state index is -4.74. The first-order valence-electron chi connectivity index (χ1n) is 17.3. The Kier molecular flexibility index (Phi) is 17.4. The molecule has 294 valence electrons. The zero-order valence-electron chi connectivity index (χ0n) is 31.2. The molecule has 0 saturated heterocycles. The number of esters is 1. The number of carbonyl (C=O) groups is 3. The molecule has 1 aromatic rings. The van der Waals surface area contributed by atoms with E-state index in [0.29, 0.717) is 11.3 Å². The second-order valence-corrected chi connectivity index (χ2v) is 22.1. The number of carbonyl (C=O) groups excluding carboxylic acids is 3. The lowest BCUT2D eigenvalue weighted by molar-refractivity contribution is -0.153. The normalized spacial score (nSPS) is 26.2. The van der Waals surface area contributed by atoms with E-state index in [2.05, 4.69) is 4.98 Å². The van der Waals surface area contributed by atoms with Crippen LogP contribution in [-0.4, -0.2) is 66.1 Å². The fourth-order valence-corrected chi connectivity index (χ4v) is 9.87. The molecule has 0 radical (unpaired) electrons. The van der Waals surface area contributed by atoms with Crippen LogP contribution < -0.4 is 0 Å². The average Bonchev–Trinajstić information content (AvgIpc) is 3.47. The highest BCUT2D eigenvalue weighted by molar-refractivity contribution is 7.09. The van der Waals surface area contributed by atoms with Crippen molar-refractivity contribution in [3.8, 4) is 0 Å². The molecule has 2 rings (SSSR count). The van der Waals surface area contributed by atoms with E-state index in [1.54, 1.807) is 46.1 Å². The number of allylic oxidation sites excluding steroid dienone is 3. The molecule has 16 heteroatoms. The van der Waals surface area contributed by atoms with Crippen LogP contribution in [0.2, 0.25) is 18.1 Å². The van der Waals surface area contributed by atoms with Crippen LogP contribution in [-0.2, 0) is 28.2 Å². The third kappa shape index (κ3) is 13.7. The van der Waals surface area contributed by atoms with Gasteiger partial charge in [0.2, 0.25) is 3.79 Å².